The molecule has 0 bridgehead atoms. The van der Waals surface area contributed by atoms with Crippen LogP contribution in [0.1, 0.15) is 27.9 Å². The molecule has 0 heterocycles. The minimum absolute atomic E-state index is 0.0920. The highest BCUT2D eigenvalue weighted by Crippen LogP contribution is 2.25. The molecule has 1 amide bonds. The number of aliphatic hydroxyl groups excluding tert-OH is 1. The Morgan fingerprint density at radius 2 is 1.73 bits per heavy atom. The molecule has 1 aliphatic rings. The Balaban J connectivity index is 0.000000847. The Morgan fingerprint density at radius 3 is 2.41 bits per heavy atom. The number of hydrogen-bond acceptors (Lipinski definition) is 3. The molecule has 0 unspecified atom stereocenters. The summed E-state index contributed by atoms with van der Waals surface area (Å²) in [4.78, 5) is 12.2. The van der Waals surface area contributed by atoms with Gasteiger partial charge in [-0.1, -0.05) is 6.07 Å². The highest BCUT2D eigenvalue weighted by Gasteiger charge is 2.12. The van der Waals surface area contributed by atoms with Gasteiger partial charge in [-0.05, 0) is 66.8 Å². The van der Waals surface area contributed by atoms with E-state index in [1.54, 1.807) is 31.4 Å². The number of aryl methyl sites for hydroxylation is 2. The van der Waals surface area contributed by atoms with Crippen LogP contribution in [0.5, 0.6) is 5.75 Å². The van der Waals surface area contributed by atoms with Gasteiger partial charge in [-0.2, -0.15) is 0 Å². The van der Waals surface area contributed by atoms with Gasteiger partial charge in [-0.3, -0.25) is 4.79 Å². The first-order valence-corrected chi connectivity index (χ1v) is 7.28. The second-order valence-electron chi connectivity index (χ2n) is 5.02. The van der Waals surface area contributed by atoms with Crippen LogP contribution in [0.25, 0.3) is 0 Å². The maximum atomic E-state index is 12.2. The predicted molar refractivity (Wildman–Crippen MR) is 87.6 cm³/mol. The van der Waals surface area contributed by atoms with Crippen LogP contribution in [-0.4, -0.2) is 25.2 Å². The Hall–Kier alpha value is -2.33. The van der Waals surface area contributed by atoms with Gasteiger partial charge in [0.2, 0.25) is 0 Å². The van der Waals surface area contributed by atoms with Gasteiger partial charge in [0.1, 0.15) is 5.75 Å². The number of carbonyl (C=O) groups excluding carboxylic acids is 1. The number of fused-ring (bicyclic) bond motifs is 1. The van der Waals surface area contributed by atoms with Crippen molar-refractivity contribution in [2.45, 2.75) is 19.3 Å². The predicted octanol–water partition coefficient (Wildman–Crippen LogP) is 3.04. The Bertz CT molecular complexity index is 635. The maximum absolute atomic E-state index is 12.2. The molecule has 0 spiro atoms. The van der Waals surface area contributed by atoms with E-state index in [-0.39, 0.29) is 5.91 Å². The number of nitrogens with one attached hydrogen (secondary N) is 1. The summed E-state index contributed by atoms with van der Waals surface area (Å²) in [7, 11) is 2.61. The van der Waals surface area contributed by atoms with E-state index in [1.165, 1.54) is 17.5 Å². The summed E-state index contributed by atoms with van der Waals surface area (Å²) in [6, 6.07) is 13.3. The van der Waals surface area contributed by atoms with E-state index in [4.69, 9.17) is 9.84 Å². The van der Waals surface area contributed by atoms with Crippen molar-refractivity contribution < 1.29 is 14.6 Å². The standard InChI is InChI=1S/C17H17NO2.CH4O/c1-20-16-9-6-13(7-10-16)17(19)18-15-8-5-12-3-2-4-14(12)11-15;1-2/h5-11H,2-4H2,1H3,(H,18,19);2H,1H3. The molecule has 3 rings (SSSR count). The zero-order valence-electron chi connectivity index (χ0n) is 12.9. The van der Waals surface area contributed by atoms with Crippen molar-refractivity contribution in [2.75, 3.05) is 19.5 Å². The third kappa shape index (κ3) is 3.65. The van der Waals surface area contributed by atoms with E-state index in [0.29, 0.717) is 5.56 Å². The fraction of sp³-hybridized carbons (Fsp3) is 0.278. The molecule has 0 atom stereocenters. The molecule has 22 heavy (non-hydrogen) atoms. The Morgan fingerprint density at radius 1 is 1.05 bits per heavy atom. The fourth-order valence-corrected chi connectivity index (χ4v) is 2.60. The Labute approximate surface area is 130 Å². The molecule has 0 saturated carbocycles. The van der Waals surface area contributed by atoms with Crippen LogP contribution in [-0.2, 0) is 12.8 Å². The van der Waals surface area contributed by atoms with Gasteiger partial charge in [0, 0.05) is 18.4 Å². The summed E-state index contributed by atoms with van der Waals surface area (Å²) in [5, 5.41) is 9.95. The molecular formula is C18H21NO3. The summed E-state index contributed by atoms with van der Waals surface area (Å²) in [6.45, 7) is 0. The molecule has 2 aromatic rings. The summed E-state index contributed by atoms with van der Waals surface area (Å²) in [5.41, 5.74) is 4.27. The first-order valence-electron chi connectivity index (χ1n) is 7.28. The van der Waals surface area contributed by atoms with E-state index in [0.717, 1.165) is 31.4 Å². The van der Waals surface area contributed by atoms with Crippen molar-refractivity contribution in [2.24, 2.45) is 0 Å². The van der Waals surface area contributed by atoms with Crippen LogP contribution in [0.2, 0.25) is 0 Å². The van der Waals surface area contributed by atoms with Crippen LogP contribution in [0.15, 0.2) is 42.5 Å². The molecule has 116 valence electrons. The molecule has 0 aromatic heterocycles. The van der Waals surface area contributed by atoms with Crippen molar-refractivity contribution in [3.63, 3.8) is 0 Å². The smallest absolute Gasteiger partial charge is 0.255 e. The average molecular weight is 299 g/mol. The molecule has 4 heteroatoms. The molecule has 1 aliphatic carbocycles. The number of methoxy groups -OCH3 is 1. The highest BCUT2D eigenvalue weighted by atomic mass is 16.5. The van der Waals surface area contributed by atoms with Crippen LogP contribution in [0.4, 0.5) is 5.69 Å². The van der Waals surface area contributed by atoms with Crippen molar-refractivity contribution in [3.05, 3.63) is 59.2 Å². The van der Waals surface area contributed by atoms with Crippen LogP contribution < -0.4 is 10.1 Å². The number of anilines is 1. The molecular weight excluding hydrogens is 278 g/mol. The first-order chi connectivity index (χ1) is 10.8. The number of carbonyl (C=O) groups is 1. The van der Waals surface area contributed by atoms with Crippen molar-refractivity contribution in [3.8, 4) is 5.75 Å². The summed E-state index contributed by atoms with van der Waals surface area (Å²) < 4.78 is 5.09. The quantitative estimate of drug-likeness (QED) is 0.916. The lowest BCUT2D eigenvalue weighted by atomic mass is 10.1. The van der Waals surface area contributed by atoms with Gasteiger partial charge in [0.25, 0.3) is 5.91 Å². The summed E-state index contributed by atoms with van der Waals surface area (Å²) in [6.07, 6.45) is 3.48. The van der Waals surface area contributed by atoms with E-state index >= 15 is 0 Å². The normalized spacial score (nSPS) is 12.0. The molecule has 4 nitrogen and oxygen atoms in total. The lowest BCUT2D eigenvalue weighted by molar-refractivity contribution is 0.102. The van der Waals surface area contributed by atoms with E-state index in [1.807, 2.05) is 6.07 Å². The fourth-order valence-electron chi connectivity index (χ4n) is 2.60. The van der Waals surface area contributed by atoms with E-state index < -0.39 is 0 Å². The summed E-state index contributed by atoms with van der Waals surface area (Å²) >= 11 is 0. The lowest BCUT2D eigenvalue weighted by Gasteiger charge is -2.08. The molecule has 0 radical (unpaired) electrons. The second kappa shape index (κ2) is 7.61. The molecule has 0 saturated heterocycles. The molecule has 2 N–H and O–H groups in total. The number of rotatable bonds is 3. The third-order valence-corrected chi connectivity index (χ3v) is 3.71. The average Bonchev–Trinajstić information content (AvgIpc) is 3.04. The van der Waals surface area contributed by atoms with Gasteiger partial charge in [0.15, 0.2) is 0 Å². The number of benzene rings is 2. The highest BCUT2D eigenvalue weighted by molar-refractivity contribution is 6.04. The number of hydrogen-bond donors (Lipinski definition) is 2. The minimum atomic E-state index is -0.0920. The van der Waals surface area contributed by atoms with Crippen LogP contribution >= 0.6 is 0 Å². The van der Waals surface area contributed by atoms with Crippen molar-refractivity contribution >= 4 is 11.6 Å². The van der Waals surface area contributed by atoms with Gasteiger partial charge >= 0.3 is 0 Å². The zero-order valence-corrected chi connectivity index (χ0v) is 12.9. The van der Waals surface area contributed by atoms with E-state index in [2.05, 4.69) is 17.4 Å². The van der Waals surface area contributed by atoms with Gasteiger partial charge in [-0.25, -0.2) is 0 Å². The van der Waals surface area contributed by atoms with Crippen LogP contribution in [0.3, 0.4) is 0 Å². The molecule has 0 aliphatic heterocycles. The maximum Gasteiger partial charge on any atom is 0.255 e. The van der Waals surface area contributed by atoms with Crippen LogP contribution in [0, 0.1) is 0 Å². The summed E-state index contributed by atoms with van der Waals surface area (Å²) in [5.74, 6) is 0.657. The monoisotopic (exact) mass is 299 g/mol. The topological polar surface area (TPSA) is 58.6 Å². The van der Waals surface area contributed by atoms with Gasteiger partial charge < -0.3 is 15.2 Å². The zero-order chi connectivity index (χ0) is 15.9. The SMILES string of the molecule is CO.COc1ccc(C(=O)Nc2ccc3c(c2)CCC3)cc1. The van der Waals surface area contributed by atoms with Gasteiger partial charge in [-0.15, -0.1) is 0 Å². The van der Waals surface area contributed by atoms with E-state index in [9.17, 15) is 4.79 Å². The first kappa shape index (κ1) is 16.0. The second-order valence-corrected chi connectivity index (χ2v) is 5.02. The largest absolute Gasteiger partial charge is 0.497 e. The number of aliphatic hydroxyl groups is 1. The van der Waals surface area contributed by atoms with Gasteiger partial charge in [0.05, 0.1) is 7.11 Å². The minimum Gasteiger partial charge on any atom is -0.497 e. The Kier molecular flexibility index (Phi) is 5.55. The number of amides is 1. The third-order valence-electron chi connectivity index (χ3n) is 3.71. The lowest BCUT2D eigenvalue weighted by Crippen LogP contribution is -2.11. The number of ether oxygens (including phenoxy) is 1. The molecule has 2 aromatic carbocycles. The van der Waals surface area contributed by atoms with Crippen molar-refractivity contribution in [1.82, 2.24) is 0 Å². The molecule has 0 fully saturated rings. The van der Waals surface area contributed by atoms with Crippen molar-refractivity contribution in [1.29, 1.82) is 0 Å².